The SMILES string of the molecule is CC(=O)Nc1cc(NC(=O)c2cccnc2F)ccc1C. The lowest BCUT2D eigenvalue weighted by molar-refractivity contribution is -0.114. The maximum atomic E-state index is 13.4. The number of pyridine rings is 1. The third-order valence-electron chi connectivity index (χ3n) is 2.81. The van der Waals surface area contributed by atoms with E-state index in [-0.39, 0.29) is 11.5 Å². The Morgan fingerprint density at radius 2 is 1.95 bits per heavy atom. The summed E-state index contributed by atoms with van der Waals surface area (Å²) in [5, 5.41) is 5.23. The van der Waals surface area contributed by atoms with Crippen molar-refractivity contribution in [3.8, 4) is 0 Å². The second kappa shape index (κ2) is 6.13. The number of anilines is 2. The highest BCUT2D eigenvalue weighted by atomic mass is 19.1. The van der Waals surface area contributed by atoms with Gasteiger partial charge in [-0.3, -0.25) is 9.59 Å². The molecular formula is C15H14FN3O2. The van der Waals surface area contributed by atoms with Crippen molar-refractivity contribution in [2.75, 3.05) is 10.6 Å². The van der Waals surface area contributed by atoms with Crippen LogP contribution in [0, 0.1) is 12.9 Å². The van der Waals surface area contributed by atoms with Gasteiger partial charge in [-0.2, -0.15) is 4.39 Å². The highest BCUT2D eigenvalue weighted by Gasteiger charge is 2.12. The van der Waals surface area contributed by atoms with Gasteiger partial charge in [0.25, 0.3) is 5.91 Å². The van der Waals surface area contributed by atoms with E-state index in [0.29, 0.717) is 11.4 Å². The fourth-order valence-corrected chi connectivity index (χ4v) is 1.78. The summed E-state index contributed by atoms with van der Waals surface area (Å²) in [5.74, 6) is -1.64. The Kier molecular flexibility index (Phi) is 4.27. The molecule has 1 aromatic heterocycles. The molecule has 0 unspecified atom stereocenters. The first-order valence-electron chi connectivity index (χ1n) is 6.27. The van der Waals surface area contributed by atoms with Crippen molar-refractivity contribution >= 4 is 23.2 Å². The highest BCUT2D eigenvalue weighted by molar-refractivity contribution is 6.04. The largest absolute Gasteiger partial charge is 0.326 e. The van der Waals surface area contributed by atoms with Crippen molar-refractivity contribution in [2.45, 2.75) is 13.8 Å². The smallest absolute Gasteiger partial charge is 0.260 e. The van der Waals surface area contributed by atoms with Crippen LogP contribution in [0.1, 0.15) is 22.8 Å². The number of carbonyl (C=O) groups excluding carboxylic acids is 2. The molecule has 0 spiro atoms. The summed E-state index contributed by atoms with van der Waals surface area (Å²) in [5.41, 5.74) is 1.76. The van der Waals surface area contributed by atoms with Crippen molar-refractivity contribution in [1.29, 1.82) is 0 Å². The van der Waals surface area contributed by atoms with E-state index in [0.717, 1.165) is 5.56 Å². The van der Waals surface area contributed by atoms with Crippen LogP contribution in [0.2, 0.25) is 0 Å². The predicted molar refractivity (Wildman–Crippen MR) is 77.6 cm³/mol. The Morgan fingerprint density at radius 3 is 2.62 bits per heavy atom. The Hall–Kier alpha value is -2.76. The molecule has 0 aliphatic rings. The quantitative estimate of drug-likeness (QED) is 0.853. The van der Waals surface area contributed by atoms with Crippen LogP contribution in [-0.4, -0.2) is 16.8 Å². The van der Waals surface area contributed by atoms with Crippen molar-refractivity contribution in [1.82, 2.24) is 4.98 Å². The van der Waals surface area contributed by atoms with E-state index in [4.69, 9.17) is 0 Å². The molecule has 0 saturated heterocycles. The number of halogens is 1. The summed E-state index contributed by atoms with van der Waals surface area (Å²) in [6, 6.07) is 7.87. The number of rotatable bonds is 3. The number of aryl methyl sites for hydroxylation is 1. The molecule has 0 aliphatic carbocycles. The zero-order chi connectivity index (χ0) is 15.4. The number of hydrogen-bond donors (Lipinski definition) is 2. The number of nitrogens with zero attached hydrogens (tertiary/aromatic N) is 1. The van der Waals surface area contributed by atoms with Crippen LogP contribution in [0.4, 0.5) is 15.8 Å². The maximum absolute atomic E-state index is 13.4. The average Bonchev–Trinajstić information content (AvgIpc) is 2.42. The van der Waals surface area contributed by atoms with E-state index >= 15 is 0 Å². The fraction of sp³-hybridized carbons (Fsp3) is 0.133. The first kappa shape index (κ1) is 14.6. The Balaban J connectivity index is 2.22. The van der Waals surface area contributed by atoms with Gasteiger partial charge >= 0.3 is 0 Å². The molecule has 0 aliphatic heterocycles. The number of aromatic nitrogens is 1. The molecule has 108 valence electrons. The minimum Gasteiger partial charge on any atom is -0.326 e. The molecule has 2 rings (SSSR count). The normalized spacial score (nSPS) is 10.0. The van der Waals surface area contributed by atoms with Gasteiger partial charge in [0.15, 0.2) is 0 Å². The third-order valence-corrected chi connectivity index (χ3v) is 2.81. The van der Waals surface area contributed by atoms with Crippen LogP contribution in [0.25, 0.3) is 0 Å². The molecule has 1 aromatic carbocycles. The number of hydrogen-bond acceptors (Lipinski definition) is 3. The van der Waals surface area contributed by atoms with Crippen LogP contribution in [0.5, 0.6) is 0 Å². The minimum atomic E-state index is -0.829. The van der Waals surface area contributed by atoms with Crippen molar-refractivity contribution in [3.63, 3.8) is 0 Å². The minimum absolute atomic E-state index is 0.140. The summed E-state index contributed by atoms with van der Waals surface area (Å²) in [7, 11) is 0. The first-order chi connectivity index (χ1) is 9.97. The molecule has 0 radical (unpaired) electrons. The molecule has 0 saturated carbocycles. The van der Waals surface area contributed by atoms with Gasteiger partial charge in [0, 0.05) is 24.5 Å². The van der Waals surface area contributed by atoms with Crippen LogP contribution < -0.4 is 10.6 Å². The molecule has 1 heterocycles. The Bertz CT molecular complexity index is 701. The van der Waals surface area contributed by atoms with E-state index in [1.165, 1.54) is 25.3 Å². The zero-order valence-corrected chi connectivity index (χ0v) is 11.6. The second-order valence-electron chi connectivity index (χ2n) is 4.51. The van der Waals surface area contributed by atoms with Gasteiger partial charge in [0.2, 0.25) is 11.9 Å². The number of nitrogens with one attached hydrogen (secondary N) is 2. The summed E-state index contributed by atoms with van der Waals surface area (Å²) in [6.45, 7) is 3.23. The van der Waals surface area contributed by atoms with Gasteiger partial charge in [0.1, 0.15) is 0 Å². The Labute approximate surface area is 121 Å². The highest BCUT2D eigenvalue weighted by Crippen LogP contribution is 2.21. The molecule has 0 fully saturated rings. The molecular weight excluding hydrogens is 273 g/mol. The lowest BCUT2D eigenvalue weighted by Gasteiger charge is -2.10. The Morgan fingerprint density at radius 1 is 1.19 bits per heavy atom. The molecule has 6 heteroatoms. The van der Waals surface area contributed by atoms with E-state index in [2.05, 4.69) is 15.6 Å². The van der Waals surface area contributed by atoms with Crippen LogP contribution in [-0.2, 0) is 4.79 Å². The average molecular weight is 287 g/mol. The van der Waals surface area contributed by atoms with E-state index < -0.39 is 11.9 Å². The standard InChI is InChI=1S/C15H14FN3O2/c1-9-5-6-11(8-13(9)18-10(2)20)19-15(21)12-4-3-7-17-14(12)16/h3-8H,1-2H3,(H,18,20)(H,19,21). The number of amides is 2. The summed E-state index contributed by atoms with van der Waals surface area (Å²) < 4.78 is 13.4. The van der Waals surface area contributed by atoms with E-state index in [1.54, 1.807) is 18.2 Å². The van der Waals surface area contributed by atoms with E-state index in [1.807, 2.05) is 6.92 Å². The molecule has 2 amide bonds. The second-order valence-corrected chi connectivity index (χ2v) is 4.51. The van der Waals surface area contributed by atoms with Crippen molar-refractivity contribution in [3.05, 3.63) is 53.6 Å². The van der Waals surface area contributed by atoms with Crippen LogP contribution >= 0.6 is 0 Å². The van der Waals surface area contributed by atoms with Crippen molar-refractivity contribution in [2.24, 2.45) is 0 Å². The monoisotopic (exact) mass is 287 g/mol. The van der Waals surface area contributed by atoms with Gasteiger partial charge in [-0.25, -0.2) is 4.98 Å². The van der Waals surface area contributed by atoms with Gasteiger partial charge in [-0.15, -0.1) is 0 Å². The summed E-state index contributed by atoms with van der Waals surface area (Å²) in [6.07, 6.45) is 1.27. The van der Waals surface area contributed by atoms with Crippen LogP contribution in [0.15, 0.2) is 36.5 Å². The van der Waals surface area contributed by atoms with Gasteiger partial charge < -0.3 is 10.6 Å². The fourth-order valence-electron chi connectivity index (χ4n) is 1.78. The zero-order valence-electron chi connectivity index (χ0n) is 11.6. The van der Waals surface area contributed by atoms with Crippen molar-refractivity contribution < 1.29 is 14.0 Å². The summed E-state index contributed by atoms with van der Waals surface area (Å²) in [4.78, 5) is 26.5. The molecule has 0 bridgehead atoms. The van der Waals surface area contributed by atoms with Gasteiger partial charge in [-0.1, -0.05) is 6.07 Å². The van der Waals surface area contributed by atoms with Crippen LogP contribution in [0.3, 0.4) is 0 Å². The topological polar surface area (TPSA) is 71.1 Å². The molecule has 5 nitrogen and oxygen atoms in total. The molecule has 2 aromatic rings. The molecule has 0 atom stereocenters. The van der Waals surface area contributed by atoms with Gasteiger partial charge in [-0.05, 0) is 36.8 Å². The van der Waals surface area contributed by atoms with E-state index in [9.17, 15) is 14.0 Å². The number of benzene rings is 1. The third kappa shape index (κ3) is 3.62. The predicted octanol–water partition coefficient (Wildman–Crippen LogP) is 2.74. The molecule has 2 N–H and O–H groups in total. The number of carbonyl (C=O) groups is 2. The molecule has 21 heavy (non-hydrogen) atoms. The lowest BCUT2D eigenvalue weighted by atomic mass is 10.1. The maximum Gasteiger partial charge on any atom is 0.260 e. The summed E-state index contributed by atoms with van der Waals surface area (Å²) >= 11 is 0. The lowest BCUT2D eigenvalue weighted by Crippen LogP contribution is -2.15. The van der Waals surface area contributed by atoms with Gasteiger partial charge in [0.05, 0.1) is 5.56 Å². The first-order valence-corrected chi connectivity index (χ1v) is 6.27.